The minimum absolute atomic E-state index is 0.250. The third-order valence-corrected chi connectivity index (χ3v) is 2.88. The van der Waals surface area contributed by atoms with Gasteiger partial charge in [-0.1, -0.05) is 5.16 Å². The molecular formula is C11H16N4O3. The van der Waals surface area contributed by atoms with E-state index in [0.717, 1.165) is 19.5 Å². The topological polar surface area (TPSA) is 78.7 Å². The van der Waals surface area contributed by atoms with Crippen LogP contribution in [0.25, 0.3) is 0 Å². The van der Waals surface area contributed by atoms with Gasteiger partial charge in [0.15, 0.2) is 5.82 Å². The van der Waals surface area contributed by atoms with E-state index >= 15 is 0 Å². The lowest BCUT2D eigenvalue weighted by Gasteiger charge is -2.19. The van der Waals surface area contributed by atoms with Gasteiger partial charge in [0.1, 0.15) is 6.26 Å². The first-order valence-electron chi connectivity index (χ1n) is 5.86. The van der Waals surface area contributed by atoms with E-state index in [1.54, 1.807) is 4.90 Å². The maximum absolute atomic E-state index is 11.9. The maximum Gasteiger partial charge on any atom is 0.315 e. The Balaban J connectivity index is 1.91. The number of hydrogen-bond donors (Lipinski definition) is 1. The highest BCUT2D eigenvalue weighted by molar-refractivity contribution is 6.39. The molecule has 0 saturated carbocycles. The molecule has 1 aliphatic heterocycles. The number of nitrogens with one attached hydrogen (secondary N) is 1. The van der Waals surface area contributed by atoms with Crippen LogP contribution in [0.4, 0.5) is 5.82 Å². The summed E-state index contributed by atoms with van der Waals surface area (Å²) in [6.07, 6.45) is 2.21. The third-order valence-electron chi connectivity index (χ3n) is 2.88. The normalized spacial score (nSPS) is 17.3. The highest BCUT2D eigenvalue weighted by Gasteiger charge is 2.24. The Morgan fingerprint density at radius 2 is 2.17 bits per heavy atom. The number of likely N-dealkylation sites (N-methyl/N-ethyl adjacent to an activating group) is 1. The maximum atomic E-state index is 11.9. The standard InChI is InChI=1S/C11H16N4O3/c1-14-4-2-5-15(7-6-14)11(17)10(16)12-9-3-8-18-13-9/h3,8H,2,4-7H2,1H3,(H,12,13,16). The van der Waals surface area contributed by atoms with Crippen LogP contribution in [0.2, 0.25) is 0 Å². The zero-order valence-electron chi connectivity index (χ0n) is 10.3. The molecule has 98 valence electrons. The molecule has 7 heteroatoms. The summed E-state index contributed by atoms with van der Waals surface area (Å²) in [5.74, 6) is -0.943. The van der Waals surface area contributed by atoms with Gasteiger partial charge >= 0.3 is 11.8 Å². The second-order valence-electron chi connectivity index (χ2n) is 4.29. The Morgan fingerprint density at radius 1 is 1.33 bits per heavy atom. The average molecular weight is 252 g/mol. The molecule has 0 aromatic carbocycles. The summed E-state index contributed by atoms with van der Waals surface area (Å²) >= 11 is 0. The summed E-state index contributed by atoms with van der Waals surface area (Å²) in [5, 5.41) is 5.93. The molecule has 1 aromatic heterocycles. The molecule has 1 saturated heterocycles. The van der Waals surface area contributed by atoms with Crippen LogP contribution in [0.3, 0.4) is 0 Å². The summed E-state index contributed by atoms with van der Waals surface area (Å²) < 4.78 is 4.58. The lowest BCUT2D eigenvalue weighted by Crippen LogP contribution is -2.41. The summed E-state index contributed by atoms with van der Waals surface area (Å²) in [4.78, 5) is 27.3. The lowest BCUT2D eigenvalue weighted by atomic mass is 10.3. The van der Waals surface area contributed by atoms with Gasteiger partial charge in [0.25, 0.3) is 0 Å². The molecule has 1 fully saturated rings. The van der Waals surface area contributed by atoms with Gasteiger partial charge in [-0.2, -0.15) is 0 Å². The number of rotatable bonds is 1. The molecule has 0 radical (unpaired) electrons. The monoisotopic (exact) mass is 252 g/mol. The third kappa shape index (κ3) is 3.07. The average Bonchev–Trinajstić information content (AvgIpc) is 2.76. The van der Waals surface area contributed by atoms with Crippen LogP contribution in [-0.2, 0) is 9.59 Å². The zero-order chi connectivity index (χ0) is 13.0. The van der Waals surface area contributed by atoms with Gasteiger partial charge in [-0.3, -0.25) is 14.9 Å². The van der Waals surface area contributed by atoms with Gasteiger partial charge in [-0.05, 0) is 20.0 Å². The van der Waals surface area contributed by atoms with Crippen molar-refractivity contribution in [1.82, 2.24) is 15.0 Å². The fourth-order valence-corrected chi connectivity index (χ4v) is 1.84. The highest BCUT2D eigenvalue weighted by atomic mass is 16.5. The quantitative estimate of drug-likeness (QED) is 0.699. The predicted molar refractivity (Wildman–Crippen MR) is 63.8 cm³/mol. The van der Waals surface area contributed by atoms with Crippen molar-refractivity contribution in [2.45, 2.75) is 6.42 Å². The molecule has 1 N–H and O–H groups in total. The number of carbonyl (C=O) groups excluding carboxylic acids is 2. The Morgan fingerprint density at radius 3 is 2.89 bits per heavy atom. The summed E-state index contributed by atoms with van der Waals surface area (Å²) in [5.41, 5.74) is 0. The van der Waals surface area contributed by atoms with Crippen LogP contribution >= 0.6 is 0 Å². The molecule has 7 nitrogen and oxygen atoms in total. The van der Waals surface area contributed by atoms with E-state index in [0.29, 0.717) is 13.1 Å². The molecule has 2 heterocycles. The zero-order valence-corrected chi connectivity index (χ0v) is 10.3. The first kappa shape index (κ1) is 12.6. The van der Waals surface area contributed by atoms with Crippen molar-refractivity contribution in [3.63, 3.8) is 0 Å². The first-order valence-corrected chi connectivity index (χ1v) is 5.86. The molecular weight excluding hydrogens is 236 g/mol. The summed E-state index contributed by atoms with van der Waals surface area (Å²) in [7, 11) is 2.00. The fourth-order valence-electron chi connectivity index (χ4n) is 1.84. The molecule has 2 rings (SSSR count). The van der Waals surface area contributed by atoms with Gasteiger partial charge in [0.2, 0.25) is 0 Å². The van der Waals surface area contributed by atoms with Gasteiger partial charge in [0, 0.05) is 25.7 Å². The number of aromatic nitrogens is 1. The van der Waals surface area contributed by atoms with Crippen molar-refractivity contribution in [3.05, 3.63) is 12.3 Å². The molecule has 0 unspecified atom stereocenters. The van der Waals surface area contributed by atoms with Crippen LogP contribution in [0, 0.1) is 0 Å². The minimum Gasteiger partial charge on any atom is -0.363 e. The second kappa shape index (κ2) is 5.63. The fraction of sp³-hybridized carbons (Fsp3) is 0.545. The van der Waals surface area contributed by atoms with Gasteiger partial charge in [-0.25, -0.2) is 0 Å². The van der Waals surface area contributed by atoms with Crippen LogP contribution in [0.5, 0.6) is 0 Å². The van der Waals surface area contributed by atoms with Gasteiger partial charge < -0.3 is 14.3 Å². The van der Waals surface area contributed by atoms with Crippen molar-refractivity contribution in [2.75, 3.05) is 38.5 Å². The molecule has 0 bridgehead atoms. The first-order chi connectivity index (χ1) is 8.66. The summed E-state index contributed by atoms with van der Waals surface area (Å²) in [6, 6.07) is 1.49. The van der Waals surface area contributed by atoms with Crippen molar-refractivity contribution in [3.8, 4) is 0 Å². The van der Waals surface area contributed by atoms with E-state index in [4.69, 9.17) is 0 Å². The summed E-state index contributed by atoms with van der Waals surface area (Å²) in [6.45, 7) is 2.90. The predicted octanol–water partition coefficient (Wildman–Crippen LogP) is -0.223. The van der Waals surface area contributed by atoms with E-state index in [9.17, 15) is 9.59 Å². The van der Waals surface area contributed by atoms with Gasteiger partial charge in [0.05, 0.1) is 0 Å². The number of nitrogens with zero attached hydrogens (tertiary/aromatic N) is 3. The Labute approximate surface area is 105 Å². The molecule has 0 aliphatic carbocycles. The Kier molecular flexibility index (Phi) is 3.93. The number of anilines is 1. The second-order valence-corrected chi connectivity index (χ2v) is 4.29. The van der Waals surface area contributed by atoms with E-state index in [2.05, 4.69) is 19.9 Å². The molecule has 0 spiro atoms. The van der Waals surface area contributed by atoms with Crippen LogP contribution in [0.1, 0.15) is 6.42 Å². The van der Waals surface area contributed by atoms with Crippen LogP contribution in [-0.4, -0.2) is 60.0 Å². The molecule has 2 amide bonds. The van der Waals surface area contributed by atoms with Crippen molar-refractivity contribution < 1.29 is 14.1 Å². The van der Waals surface area contributed by atoms with Gasteiger partial charge in [-0.15, -0.1) is 0 Å². The largest absolute Gasteiger partial charge is 0.363 e. The molecule has 1 aromatic rings. The molecule has 18 heavy (non-hydrogen) atoms. The van der Waals surface area contributed by atoms with Crippen molar-refractivity contribution in [1.29, 1.82) is 0 Å². The number of hydrogen-bond acceptors (Lipinski definition) is 5. The van der Waals surface area contributed by atoms with E-state index in [1.165, 1.54) is 12.3 Å². The Hall–Kier alpha value is -1.89. The van der Waals surface area contributed by atoms with Crippen molar-refractivity contribution >= 4 is 17.6 Å². The van der Waals surface area contributed by atoms with E-state index in [1.807, 2.05) is 7.05 Å². The number of carbonyl (C=O) groups is 2. The Bertz CT molecular complexity index is 418. The van der Waals surface area contributed by atoms with Crippen LogP contribution < -0.4 is 5.32 Å². The lowest BCUT2D eigenvalue weighted by molar-refractivity contribution is -0.143. The SMILES string of the molecule is CN1CCCN(C(=O)C(=O)Nc2ccon2)CC1. The number of amides is 2. The highest BCUT2D eigenvalue weighted by Crippen LogP contribution is 2.05. The van der Waals surface area contributed by atoms with Crippen molar-refractivity contribution in [2.24, 2.45) is 0 Å². The molecule has 1 aliphatic rings. The van der Waals surface area contributed by atoms with E-state index < -0.39 is 11.8 Å². The smallest absolute Gasteiger partial charge is 0.315 e. The van der Waals surface area contributed by atoms with Crippen LogP contribution in [0.15, 0.2) is 16.9 Å². The minimum atomic E-state index is -0.673. The van der Waals surface area contributed by atoms with E-state index in [-0.39, 0.29) is 5.82 Å². The molecule has 0 atom stereocenters.